The molecular formula is C14H14N4O6. The highest BCUT2D eigenvalue weighted by molar-refractivity contribution is 6.06. The van der Waals surface area contributed by atoms with Crippen LogP contribution in [-0.2, 0) is 4.74 Å². The molecule has 1 aliphatic rings. The van der Waals surface area contributed by atoms with Crippen LogP contribution in [0.1, 0.15) is 16.6 Å². The molecule has 24 heavy (non-hydrogen) atoms. The van der Waals surface area contributed by atoms with Crippen molar-refractivity contribution in [3.63, 3.8) is 0 Å². The maximum Gasteiger partial charge on any atom is 0.338 e. The molecule has 6 N–H and O–H groups in total. The predicted molar refractivity (Wildman–Crippen MR) is 79.7 cm³/mol. The van der Waals surface area contributed by atoms with Gasteiger partial charge in [-0.25, -0.2) is 14.8 Å². The number of terminal acetylenes is 1. The Hall–Kier alpha value is -2.71. The topological polar surface area (TPSA) is 164 Å². The molecule has 4 atom stereocenters. The number of hydrogen-bond donors (Lipinski definition) is 5. The predicted octanol–water partition coefficient (Wildman–Crippen LogP) is -1.67. The SMILES string of the molecule is C#CC1(O)C(O)C(CO)OC1n1cc(C(=O)O)c2c(N)ncnc21. The molecule has 0 amide bonds. The van der Waals surface area contributed by atoms with Crippen LogP contribution < -0.4 is 5.73 Å². The van der Waals surface area contributed by atoms with E-state index in [9.17, 15) is 25.2 Å². The number of hydrogen-bond acceptors (Lipinski definition) is 8. The number of aromatic carboxylic acids is 1. The number of nitrogens with zero attached hydrogens (tertiary/aromatic N) is 3. The number of rotatable bonds is 3. The van der Waals surface area contributed by atoms with E-state index in [0.717, 1.165) is 17.1 Å². The lowest BCUT2D eigenvalue weighted by Crippen LogP contribution is -2.45. The van der Waals surface area contributed by atoms with Gasteiger partial charge in [0.15, 0.2) is 11.8 Å². The van der Waals surface area contributed by atoms with E-state index in [0.29, 0.717) is 0 Å². The van der Waals surface area contributed by atoms with Gasteiger partial charge in [-0.15, -0.1) is 6.42 Å². The second-order valence-corrected chi connectivity index (χ2v) is 5.34. The van der Waals surface area contributed by atoms with Crippen LogP contribution in [0, 0.1) is 12.3 Å². The van der Waals surface area contributed by atoms with Crippen LogP contribution in [0.15, 0.2) is 12.5 Å². The summed E-state index contributed by atoms with van der Waals surface area (Å²) in [4.78, 5) is 19.2. The number of nitrogens with two attached hydrogens (primary N) is 1. The molecule has 3 rings (SSSR count). The number of carboxylic acids is 1. The molecule has 0 radical (unpaired) electrons. The number of aliphatic hydroxyl groups excluding tert-OH is 2. The zero-order chi connectivity index (χ0) is 17.6. The molecular weight excluding hydrogens is 320 g/mol. The van der Waals surface area contributed by atoms with Gasteiger partial charge < -0.3 is 35.5 Å². The van der Waals surface area contributed by atoms with Crippen molar-refractivity contribution >= 4 is 22.8 Å². The minimum atomic E-state index is -2.20. The Balaban J connectivity index is 2.25. The number of carboxylic acid groups (broad SMARTS) is 1. The summed E-state index contributed by atoms with van der Waals surface area (Å²) in [5.41, 5.74) is 3.37. The molecule has 1 fully saturated rings. The summed E-state index contributed by atoms with van der Waals surface area (Å²) >= 11 is 0. The fraction of sp³-hybridized carbons (Fsp3) is 0.357. The number of ether oxygens (including phenoxy) is 1. The first-order valence-electron chi connectivity index (χ1n) is 6.84. The van der Waals surface area contributed by atoms with Gasteiger partial charge in [-0.1, -0.05) is 5.92 Å². The van der Waals surface area contributed by atoms with Gasteiger partial charge in [0.1, 0.15) is 30.0 Å². The van der Waals surface area contributed by atoms with E-state index in [1.165, 1.54) is 0 Å². The molecule has 10 heteroatoms. The molecule has 3 heterocycles. The van der Waals surface area contributed by atoms with Gasteiger partial charge in [-0.3, -0.25) is 0 Å². The molecule has 0 aromatic carbocycles. The zero-order valence-corrected chi connectivity index (χ0v) is 12.2. The summed E-state index contributed by atoms with van der Waals surface area (Å²) in [5, 5.41) is 39.4. The number of anilines is 1. The third-order valence-corrected chi connectivity index (χ3v) is 4.02. The van der Waals surface area contributed by atoms with Gasteiger partial charge in [0, 0.05) is 6.20 Å². The lowest BCUT2D eigenvalue weighted by Gasteiger charge is -2.26. The van der Waals surface area contributed by atoms with Gasteiger partial charge in [-0.2, -0.15) is 0 Å². The summed E-state index contributed by atoms with van der Waals surface area (Å²) in [6.45, 7) is -0.593. The highest BCUT2D eigenvalue weighted by Crippen LogP contribution is 2.40. The zero-order valence-electron chi connectivity index (χ0n) is 12.2. The summed E-state index contributed by atoms with van der Waals surface area (Å²) < 4.78 is 6.60. The third-order valence-electron chi connectivity index (χ3n) is 4.02. The lowest BCUT2D eigenvalue weighted by atomic mass is 9.95. The third kappa shape index (κ3) is 2.04. The molecule has 126 valence electrons. The van der Waals surface area contributed by atoms with Crippen LogP contribution in [0.2, 0.25) is 0 Å². The van der Waals surface area contributed by atoms with Gasteiger partial charge >= 0.3 is 5.97 Å². The lowest BCUT2D eigenvalue weighted by molar-refractivity contribution is -0.0718. The minimum Gasteiger partial charge on any atom is -0.478 e. The Bertz CT molecular complexity index is 859. The highest BCUT2D eigenvalue weighted by atomic mass is 16.6. The van der Waals surface area contributed by atoms with Crippen LogP contribution >= 0.6 is 0 Å². The first-order valence-corrected chi connectivity index (χ1v) is 6.84. The fourth-order valence-corrected chi connectivity index (χ4v) is 2.80. The minimum absolute atomic E-state index is 0.0508. The van der Waals surface area contributed by atoms with Gasteiger partial charge in [0.25, 0.3) is 0 Å². The second kappa shape index (κ2) is 5.43. The molecule has 0 spiro atoms. The molecule has 4 unspecified atom stereocenters. The van der Waals surface area contributed by atoms with E-state index in [2.05, 4.69) is 9.97 Å². The Kier molecular flexibility index (Phi) is 3.66. The summed E-state index contributed by atoms with van der Waals surface area (Å²) in [6.07, 6.45) is 3.48. The Morgan fingerprint density at radius 1 is 1.54 bits per heavy atom. The molecule has 1 saturated heterocycles. The van der Waals surface area contributed by atoms with Crippen molar-refractivity contribution in [2.45, 2.75) is 24.0 Å². The van der Waals surface area contributed by atoms with Crippen molar-refractivity contribution in [2.75, 3.05) is 12.3 Å². The van der Waals surface area contributed by atoms with E-state index in [4.69, 9.17) is 16.9 Å². The smallest absolute Gasteiger partial charge is 0.338 e. The van der Waals surface area contributed by atoms with Crippen molar-refractivity contribution in [1.29, 1.82) is 0 Å². The summed E-state index contributed by atoms with van der Waals surface area (Å²) in [6, 6.07) is 0. The van der Waals surface area contributed by atoms with Crippen molar-refractivity contribution in [3.8, 4) is 12.3 Å². The highest BCUT2D eigenvalue weighted by Gasteiger charge is 2.55. The van der Waals surface area contributed by atoms with E-state index >= 15 is 0 Å². The monoisotopic (exact) mass is 334 g/mol. The molecule has 0 bridgehead atoms. The van der Waals surface area contributed by atoms with E-state index in [1.54, 1.807) is 0 Å². The fourth-order valence-electron chi connectivity index (χ4n) is 2.80. The normalized spacial score (nSPS) is 29.7. The van der Waals surface area contributed by atoms with Crippen molar-refractivity contribution < 1.29 is 30.0 Å². The maximum absolute atomic E-state index is 11.5. The van der Waals surface area contributed by atoms with Gasteiger partial charge in [0.05, 0.1) is 17.6 Å². The van der Waals surface area contributed by atoms with E-state index in [-0.39, 0.29) is 22.4 Å². The average molecular weight is 334 g/mol. The largest absolute Gasteiger partial charge is 0.478 e. The first-order chi connectivity index (χ1) is 11.3. The quantitative estimate of drug-likeness (QED) is 0.413. The van der Waals surface area contributed by atoms with Crippen LogP contribution in [0.5, 0.6) is 0 Å². The van der Waals surface area contributed by atoms with E-state index < -0.39 is 36.6 Å². The van der Waals surface area contributed by atoms with Crippen molar-refractivity contribution in [2.24, 2.45) is 0 Å². The van der Waals surface area contributed by atoms with Crippen LogP contribution in [-0.4, -0.2) is 65.3 Å². The van der Waals surface area contributed by atoms with E-state index in [1.807, 2.05) is 5.92 Å². The van der Waals surface area contributed by atoms with Crippen LogP contribution in [0.25, 0.3) is 11.0 Å². The molecule has 2 aromatic rings. The number of fused-ring (bicyclic) bond motifs is 1. The average Bonchev–Trinajstić information content (AvgIpc) is 3.06. The number of carbonyl (C=O) groups is 1. The number of nitrogen functional groups attached to an aromatic ring is 1. The summed E-state index contributed by atoms with van der Waals surface area (Å²) in [7, 11) is 0. The summed E-state index contributed by atoms with van der Waals surface area (Å²) in [5.74, 6) is 0.686. The maximum atomic E-state index is 11.5. The Morgan fingerprint density at radius 2 is 2.25 bits per heavy atom. The molecule has 0 aliphatic carbocycles. The number of aromatic nitrogens is 3. The van der Waals surface area contributed by atoms with Crippen molar-refractivity contribution in [3.05, 3.63) is 18.1 Å². The van der Waals surface area contributed by atoms with Gasteiger partial charge in [0.2, 0.25) is 0 Å². The number of aliphatic hydroxyl groups is 3. The molecule has 1 aliphatic heterocycles. The second-order valence-electron chi connectivity index (χ2n) is 5.34. The van der Waals surface area contributed by atoms with Gasteiger partial charge in [-0.05, 0) is 0 Å². The molecule has 0 saturated carbocycles. The molecule has 2 aromatic heterocycles. The Morgan fingerprint density at radius 3 is 2.83 bits per heavy atom. The Labute approximate surface area is 135 Å². The first kappa shape index (κ1) is 16.2. The molecule has 10 nitrogen and oxygen atoms in total. The van der Waals surface area contributed by atoms with Crippen LogP contribution in [0.4, 0.5) is 5.82 Å². The van der Waals surface area contributed by atoms with Crippen LogP contribution in [0.3, 0.4) is 0 Å². The standard InChI is InChI=1S/C14H14N4O6/c1-2-14(23)9(20)7(4-19)24-13(14)18-3-6(12(21)22)8-10(15)16-5-17-11(8)18/h1,3,5,7,9,13,19-20,23H,4H2,(H,21,22)(H2,15,16,17). The van der Waals surface area contributed by atoms with Crippen molar-refractivity contribution in [1.82, 2.24) is 14.5 Å².